The fourth-order valence-electron chi connectivity index (χ4n) is 7.09. The minimum absolute atomic E-state index is 0.0165. The maximum atomic E-state index is 14.2. The van der Waals surface area contributed by atoms with Gasteiger partial charge in [-0.25, -0.2) is 4.68 Å². The van der Waals surface area contributed by atoms with E-state index < -0.39 is 22.3 Å². The van der Waals surface area contributed by atoms with Crippen molar-refractivity contribution in [1.29, 1.82) is 0 Å². The van der Waals surface area contributed by atoms with Crippen molar-refractivity contribution in [2.75, 3.05) is 11.5 Å². The van der Waals surface area contributed by atoms with Gasteiger partial charge in [0.1, 0.15) is 0 Å². The summed E-state index contributed by atoms with van der Waals surface area (Å²) in [6, 6.07) is 25.6. The van der Waals surface area contributed by atoms with Gasteiger partial charge >= 0.3 is 0 Å². The summed E-state index contributed by atoms with van der Waals surface area (Å²) in [6.45, 7) is 1.83. The van der Waals surface area contributed by atoms with Gasteiger partial charge in [-0.3, -0.25) is 29.6 Å². The molecule has 3 heterocycles. The topological polar surface area (TPSA) is 162 Å². The number of nitro groups is 1. The molecule has 50 heavy (non-hydrogen) atoms. The molecular weight excluding hydrogens is 638 g/mol. The second-order valence-corrected chi connectivity index (χ2v) is 12.8. The van der Waals surface area contributed by atoms with Crippen LogP contribution in [-0.4, -0.2) is 54.3 Å². The van der Waals surface area contributed by atoms with Crippen LogP contribution in [0.25, 0.3) is 16.6 Å². The smallest absolute Gasteiger partial charge is 0.279 e. The molecule has 254 valence electrons. The van der Waals surface area contributed by atoms with E-state index in [2.05, 4.69) is 5.10 Å². The number of hydrogen-bond donors (Lipinski definition) is 3. The van der Waals surface area contributed by atoms with Crippen molar-refractivity contribution in [1.82, 2.24) is 14.7 Å². The van der Waals surface area contributed by atoms with Crippen LogP contribution < -0.4 is 10.5 Å². The lowest BCUT2D eigenvalue weighted by atomic mass is 9.82. The van der Waals surface area contributed by atoms with Gasteiger partial charge in [-0.1, -0.05) is 67.6 Å². The molecular formula is C38H35N5O7. The average molecular weight is 674 g/mol. The first-order valence-corrected chi connectivity index (χ1v) is 16.4. The van der Waals surface area contributed by atoms with E-state index in [0.29, 0.717) is 40.8 Å². The van der Waals surface area contributed by atoms with Crippen LogP contribution in [0.4, 0.5) is 11.4 Å². The number of nitro benzene ring substituents is 1. The second kappa shape index (κ2) is 12.9. The van der Waals surface area contributed by atoms with Gasteiger partial charge in [-0.05, 0) is 53.4 Å². The second-order valence-electron chi connectivity index (χ2n) is 12.8. The third kappa shape index (κ3) is 5.57. The van der Waals surface area contributed by atoms with E-state index in [-0.39, 0.29) is 48.3 Å². The van der Waals surface area contributed by atoms with Crippen molar-refractivity contribution in [3.63, 3.8) is 0 Å². The third-order valence-corrected chi connectivity index (χ3v) is 9.83. The fourth-order valence-corrected chi connectivity index (χ4v) is 7.09. The molecule has 1 aromatic heterocycles. The molecule has 2 amide bonds. The van der Waals surface area contributed by atoms with E-state index in [1.165, 1.54) is 27.8 Å². The largest absolute Gasteiger partial charge is 0.394 e. The van der Waals surface area contributed by atoms with Gasteiger partial charge in [0, 0.05) is 36.6 Å². The number of aromatic amines is 1. The standard InChI is InChI=1S/C38H35N5O7/c1-24(8-6-15-35(45)40-22-27-11-3-2-10-26(27)19-30(40)23-44)38(48)32-20-29(43(49)50)16-17-34(32)41(37(38)47)21-25-9-7-12-28(18-25)42-36(46)31-13-4-5-14-33(31)39-42/h2-14,16-18,20,24,30,39,44,48H,15,19,21-23H2,1H3/b8-6+/t24-,30-,38+/m0/s1. The number of carbonyl (C=O) groups excluding carboxylic acids is 2. The summed E-state index contributed by atoms with van der Waals surface area (Å²) >= 11 is 0. The Balaban J connectivity index is 1.15. The van der Waals surface area contributed by atoms with Gasteiger partial charge in [-0.2, -0.15) is 0 Å². The van der Waals surface area contributed by atoms with Gasteiger partial charge in [0.15, 0.2) is 5.60 Å². The molecule has 4 aromatic carbocycles. The SMILES string of the molecule is C[C@@H](/C=C/CC(=O)N1Cc2ccccc2C[C@H]1CO)[C@]1(O)C(=O)N(Cc2cccc(-n3[nH]c4ccccc4c3=O)c2)c2ccc([N+](=O)[O-])cc21. The minimum Gasteiger partial charge on any atom is -0.394 e. The molecule has 7 rings (SSSR count). The fraction of sp³-hybridized carbons (Fsp3) is 0.237. The number of non-ortho nitro benzene ring substituents is 1. The Labute approximate surface area is 286 Å². The van der Waals surface area contributed by atoms with Crippen LogP contribution in [0.2, 0.25) is 0 Å². The number of hydrogen-bond acceptors (Lipinski definition) is 7. The number of rotatable bonds is 9. The van der Waals surface area contributed by atoms with Crippen LogP contribution in [0.5, 0.6) is 0 Å². The van der Waals surface area contributed by atoms with Crippen LogP contribution in [0, 0.1) is 16.0 Å². The van der Waals surface area contributed by atoms with Crippen molar-refractivity contribution in [3.8, 4) is 5.69 Å². The number of aliphatic hydroxyl groups excluding tert-OH is 1. The van der Waals surface area contributed by atoms with E-state index in [0.717, 1.165) is 11.1 Å². The Bertz CT molecular complexity index is 2240. The van der Waals surface area contributed by atoms with Crippen LogP contribution >= 0.6 is 0 Å². The molecule has 12 heteroatoms. The number of amides is 2. The summed E-state index contributed by atoms with van der Waals surface area (Å²) in [5.74, 6) is -1.75. The predicted octanol–water partition coefficient (Wildman–Crippen LogP) is 4.49. The van der Waals surface area contributed by atoms with E-state index in [1.54, 1.807) is 66.4 Å². The first-order valence-electron chi connectivity index (χ1n) is 16.4. The maximum absolute atomic E-state index is 14.2. The van der Waals surface area contributed by atoms with E-state index >= 15 is 0 Å². The van der Waals surface area contributed by atoms with E-state index in [9.17, 15) is 34.7 Å². The molecule has 0 spiro atoms. The Hall–Kier alpha value is -5.85. The molecule has 0 bridgehead atoms. The highest BCUT2D eigenvalue weighted by Crippen LogP contribution is 2.47. The number of aliphatic hydroxyl groups is 2. The summed E-state index contributed by atoms with van der Waals surface area (Å²) in [5, 5.41) is 37.5. The maximum Gasteiger partial charge on any atom is 0.279 e. The number of H-pyrrole nitrogens is 1. The molecule has 0 aliphatic carbocycles. The number of carbonyl (C=O) groups is 2. The highest BCUT2D eigenvalue weighted by atomic mass is 16.6. The zero-order valence-electron chi connectivity index (χ0n) is 27.2. The molecule has 0 unspecified atom stereocenters. The van der Waals surface area contributed by atoms with Gasteiger partial charge < -0.3 is 20.0 Å². The third-order valence-electron chi connectivity index (χ3n) is 9.83. The molecule has 3 atom stereocenters. The molecule has 12 nitrogen and oxygen atoms in total. The van der Waals surface area contributed by atoms with Gasteiger partial charge in [-0.15, -0.1) is 0 Å². The van der Waals surface area contributed by atoms with Crippen molar-refractivity contribution in [2.24, 2.45) is 5.92 Å². The van der Waals surface area contributed by atoms with Gasteiger partial charge in [0.2, 0.25) is 5.91 Å². The first kappa shape index (κ1) is 32.7. The molecule has 3 N–H and O–H groups in total. The van der Waals surface area contributed by atoms with Gasteiger partial charge in [0.25, 0.3) is 17.2 Å². The molecule has 2 aliphatic heterocycles. The summed E-state index contributed by atoms with van der Waals surface area (Å²) in [4.78, 5) is 54.8. The lowest BCUT2D eigenvalue weighted by Gasteiger charge is -2.36. The lowest BCUT2D eigenvalue weighted by molar-refractivity contribution is -0.385. The Morgan fingerprint density at radius 2 is 1.80 bits per heavy atom. The number of aromatic nitrogens is 2. The van der Waals surface area contributed by atoms with Crippen molar-refractivity contribution in [3.05, 3.63) is 146 Å². The first-order chi connectivity index (χ1) is 24.1. The van der Waals surface area contributed by atoms with Gasteiger partial charge in [0.05, 0.1) is 46.4 Å². The minimum atomic E-state index is -2.16. The molecule has 0 fully saturated rings. The molecule has 0 saturated heterocycles. The van der Waals surface area contributed by atoms with Crippen LogP contribution in [0.1, 0.15) is 35.6 Å². The number of fused-ring (bicyclic) bond motifs is 3. The number of benzene rings is 4. The summed E-state index contributed by atoms with van der Waals surface area (Å²) in [5.41, 5.74) is 1.76. The predicted molar refractivity (Wildman–Crippen MR) is 187 cm³/mol. The Morgan fingerprint density at radius 3 is 2.56 bits per heavy atom. The highest BCUT2D eigenvalue weighted by Gasteiger charge is 2.53. The monoisotopic (exact) mass is 673 g/mol. The summed E-state index contributed by atoms with van der Waals surface area (Å²) in [6.07, 6.45) is 3.68. The molecule has 0 radical (unpaired) electrons. The Kier molecular flexibility index (Phi) is 8.42. The zero-order valence-corrected chi connectivity index (χ0v) is 27.2. The van der Waals surface area contributed by atoms with Crippen LogP contribution in [-0.2, 0) is 34.7 Å². The summed E-state index contributed by atoms with van der Waals surface area (Å²) < 4.78 is 1.42. The molecule has 0 saturated carbocycles. The number of nitrogens with zero attached hydrogens (tertiary/aromatic N) is 4. The number of para-hydroxylation sites is 1. The highest BCUT2D eigenvalue weighted by molar-refractivity contribution is 6.07. The quantitative estimate of drug-likeness (QED) is 0.118. The van der Waals surface area contributed by atoms with Crippen molar-refractivity contribution >= 4 is 34.1 Å². The van der Waals surface area contributed by atoms with E-state index in [1.807, 2.05) is 30.3 Å². The molecule has 5 aromatic rings. The van der Waals surface area contributed by atoms with Crippen molar-refractivity contribution < 1.29 is 24.7 Å². The lowest BCUT2D eigenvalue weighted by Crippen LogP contribution is -2.46. The number of anilines is 1. The summed E-state index contributed by atoms with van der Waals surface area (Å²) in [7, 11) is 0. The van der Waals surface area contributed by atoms with E-state index in [4.69, 9.17) is 0 Å². The zero-order chi connectivity index (χ0) is 35.2. The number of nitrogens with one attached hydrogen (secondary N) is 1. The Morgan fingerprint density at radius 1 is 1.04 bits per heavy atom. The average Bonchev–Trinajstić information content (AvgIpc) is 3.58. The van der Waals surface area contributed by atoms with Crippen LogP contribution in [0.3, 0.4) is 0 Å². The normalized spacial score (nSPS) is 19.2. The van der Waals surface area contributed by atoms with Crippen molar-refractivity contribution in [2.45, 2.75) is 44.5 Å². The molecule has 2 aliphatic rings. The van der Waals surface area contributed by atoms with Crippen LogP contribution in [0.15, 0.2) is 108 Å².